The van der Waals surface area contributed by atoms with Gasteiger partial charge in [-0.15, -0.1) is 0 Å². The van der Waals surface area contributed by atoms with E-state index in [0.717, 1.165) is 31.7 Å². The van der Waals surface area contributed by atoms with E-state index in [4.69, 9.17) is 4.74 Å². The van der Waals surface area contributed by atoms with Crippen molar-refractivity contribution in [3.8, 4) is 22.8 Å². The van der Waals surface area contributed by atoms with Gasteiger partial charge in [-0.05, 0) is 63.3 Å². The van der Waals surface area contributed by atoms with E-state index >= 15 is 0 Å². The molecule has 0 radical (unpaired) electrons. The molecule has 0 bridgehead atoms. The van der Waals surface area contributed by atoms with E-state index in [1.54, 1.807) is 49.7 Å². The lowest BCUT2D eigenvalue weighted by Crippen LogP contribution is -2.41. The molecule has 3 aromatic heterocycles. The van der Waals surface area contributed by atoms with Gasteiger partial charge in [0.25, 0.3) is 0 Å². The van der Waals surface area contributed by atoms with Gasteiger partial charge in [-0.2, -0.15) is 8.78 Å². The van der Waals surface area contributed by atoms with Crippen LogP contribution in [0.4, 0.5) is 18.0 Å². The topological polar surface area (TPSA) is 108 Å². The van der Waals surface area contributed by atoms with Crippen molar-refractivity contribution in [1.29, 1.82) is 0 Å². The Morgan fingerprint density at radius 2 is 1.86 bits per heavy atom. The van der Waals surface area contributed by atoms with Crippen LogP contribution in [-0.4, -0.2) is 49.6 Å². The van der Waals surface area contributed by atoms with Crippen molar-refractivity contribution in [3.63, 3.8) is 0 Å². The van der Waals surface area contributed by atoms with Crippen LogP contribution in [0, 0.1) is 11.7 Å². The molecule has 42 heavy (non-hydrogen) atoms. The predicted octanol–water partition coefficient (Wildman–Crippen LogP) is 6.49. The molecule has 12 heteroatoms. The van der Waals surface area contributed by atoms with Crippen molar-refractivity contribution in [2.45, 2.75) is 64.7 Å². The Morgan fingerprint density at radius 3 is 2.57 bits per heavy atom. The number of benzene rings is 1. The number of carbonyl (C=O) groups excluding carboxylic acids is 2. The third kappa shape index (κ3) is 6.69. The molecule has 0 aliphatic heterocycles. The number of amides is 1. The zero-order valence-electron chi connectivity index (χ0n) is 23.3. The summed E-state index contributed by atoms with van der Waals surface area (Å²) in [6.45, 7) is 2.38. The Labute approximate surface area is 240 Å². The second kappa shape index (κ2) is 11.8. The minimum atomic E-state index is -2.99. The van der Waals surface area contributed by atoms with Gasteiger partial charge in [0, 0.05) is 36.0 Å². The number of hydrogen-bond acceptors (Lipinski definition) is 7. The fraction of sp³-hybridized carbons (Fsp3) is 0.367. The Kier molecular flexibility index (Phi) is 8.15. The second-order valence-corrected chi connectivity index (χ2v) is 11.2. The predicted molar refractivity (Wildman–Crippen MR) is 148 cm³/mol. The van der Waals surface area contributed by atoms with E-state index in [9.17, 15) is 22.8 Å². The van der Waals surface area contributed by atoms with Crippen LogP contribution in [-0.2, 0) is 4.74 Å². The van der Waals surface area contributed by atoms with Gasteiger partial charge in [0.15, 0.2) is 11.6 Å². The Morgan fingerprint density at radius 1 is 1.10 bits per heavy atom. The van der Waals surface area contributed by atoms with Crippen LogP contribution in [0.2, 0.25) is 0 Å². The lowest BCUT2D eigenvalue weighted by molar-refractivity contribution is -0.0498. The molecule has 4 aromatic rings. The van der Waals surface area contributed by atoms with Gasteiger partial charge < -0.3 is 14.8 Å². The van der Waals surface area contributed by atoms with Gasteiger partial charge in [-0.25, -0.2) is 19.2 Å². The second-order valence-electron chi connectivity index (χ2n) is 11.2. The minimum Gasteiger partial charge on any atom is -0.444 e. The number of alkyl halides is 2. The zero-order valence-corrected chi connectivity index (χ0v) is 23.3. The maximum Gasteiger partial charge on any atom is 0.407 e. The van der Waals surface area contributed by atoms with E-state index in [1.165, 1.54) is 18.3 Å². The number of aromatic nitrogens is 4. The molecule has 1 amide bonds. The maximum absolute atomic E-state index is 13.6. The molecule has 5 rings (SSSR count). The summed E-state index contributed by atoms with van der Waals surface area (Å²) in [7, 11) is 0. The molecule has 2 atom stereocenters. The third-order valence-electron chi connectivity index (χ3n) is 6.96. The van der Waals surface area contributed by atoms with Crippen molar-refractivity contribution in [2.75, 3.05) is 0 Å². The Bertz CT molecular complexity index is 1600. The number of nitrogens with zero attached hydrogens (tertiary/aromatic N) is 4. The van der Waals surface area contributed by atoms with E-state index in [-0.39, 0.29) is 35.9 Å². The van der Waals surface area contributed by atoms with Gasteiger partial charge in [-0.3, -0.25) is 14.3 Å². The largest absolute Gasteiger partial charge is 0.444 e. The number of nitrogens with one attached hydrogen (secondary N) is 1. The van der Waals surface area contributed by atoms with Crippen LogP contribution in [0.3, 0.4) is 0 Å². The summed E-state index contributed by atoms with van der Waals surface area (Å²) in [6.07, 6.45) is 7.24. The van der Waals surface area contributed by atoms with Crippen LogP contribution in [0.1, 0.15) is 56.8 Å². The standard InChI is InChI=1S/C30H30F3N5O4/c1-30(2,3)42-29(40)37-23-9-5-7-18(23)12-25(39)19-11-24-26(34-13-19)22(16-38(24)28-35-14-20(31)15-36-28)17-6-4-8-21(10-17)41-27(32)33/h4,6,8,10-11,13-16,18,23,27H,5,7,9,12H2,1-3H3,(H,37,40)/t18-,23-/m0/s1. The first kappa shape index (κ1) is 29.0. The molecule has 220 valence electrons. The summed E-state index contributed by atoms with van der Waals surface area (Å²) in [6, 6.07) is 7.62. The van der Waals surface area contributed by atoms with Gasteiger partial charge in [0.2, 0.25) is 5.95 Å². The van der Waals surface area contributed by atoms with E-state index in [0.29, 0.717) is 27.7 Å². The lowest BCUT2D eigenvalue weighted by Gasteiger charge is -2.24. The molecular formula is C30H30F3N5O4. The summed E-state index contributed by atoms with van der Waals surface area (Å²) < 4.78 is 50.8. The van der Waals surface area contributed by atoms with Gasteiger partial charge in [-0.1, -0.05) is 18.6 Å². The average Bonchev–Trinajstić information content (AvgIpc) is 3.51. The van der Waals surface area contributed by atoms with Crippen LogP contribution in [0.15, 0.2) is 55.1 Å². The molecule has 1 aromatic carbocycles. The molecule has 0 saturated heterocycles. The fourth-order valence-corrected chi connectivity index (χ4v) is 5.19. The maximum atomic E-state index is 13.6. The number of fused-ring (bicyclic) bond motifs is 1. The highest BCUT2D eigenvalue weighted by atomic mass is 19.3. The summed E-state index contributed by atoms with van der Waals surface area (Å²) in [5, 5.41) is 2.91. The first-order chi connectivity index (χ1) is 20.0. The molecule has 1 N–H and O–H groups in total. The minimum absolute atomic E-state index is 0.0284. The van der Waals surface area contributed by atoms with Crippen molar-refractivity contribution in [3.05, 3.63) is 66.5 Å². The van der Waals surface area contributed by atoms with Crippen LogP contribution in [0.25, 0.3) is 28.1 Å². The van der Waals surface area contributed by atoms with Gasteiger partial charge >= 0.3 is 12.7 Å². The summed E-state index contributed by atoms with van der Waals surface area (Å²) in [4.78, 5) is 38.5. The molecule has 1 fully saturated rings. The third-order valence-corrected chi connectivity index (χ3v) is 6.96. The average molecular weight is 582 g/mol. The number of ketones is 1. The molecule has 0 spiro atoms. The zero-order chi connectivity index (χ0) is 30.0. The van der Waals surface area contributed by atoms with E-state index in [1.807, 2.05) is 0 Å². The van der Waals surface area contributed by atoms with Gasteiger partial charge in [0.1, 0.15) is 11.4 Å². The molecule has 3 heterocycles. The highest BCUT2D eigenvalue weighted by molar-refractivity contribution is 6.01. The summed E-state index contributed by atoms with van der Waals surface area (Å²) in [5.74, 6) is -0.738. The lowest BCUT2D eigenvalue weighted by atomic mass is 9.94. The van der Waals surface area contributed by atoms with Gasteiger partial charge in [0.05, 0.1) is 23.4 Å². The van der Waals surface area contributed by atoms with E-state index < -0.39 is 24.1 Å². The number of alkyl carbamates (subject to hydrolysis) is 1. The number of pyridine rings is 1. The van der Waals surface area contributed by atoms with Crippen LogP contribution >= 0.6 is 0 Å². The van der Waals surface area contributed by atoms with Crippen LogP contribution in [0.5, 0.6) is 5.75 Å². The van der Waals surface area contributed by atoms with Crippen molar-refractivity contribution in [1.82, 2.24) is 24.8 Å². The molecule has 0 unspecified atom stereocenters. The SMILES string of the molecule is CC(C)(C)OC(=O)N[C@H]1CCC[C@H]1CC(=O)c1cnc2c(-c3cccc(OC(F)F)c3)cn(-c3ncc(F)cn3)c2c1. The van der Waals surface area contributed by atoms with E-state index in [2.05, 4.69) is 25.0 Å². The van der Waals surface area contributed by atoms with Crippen molar-refractivity contribution in [2.24, 2.45) is 5.92 Å². The number of Topliss-reactive ketones (excluding diaryl/α,β-unsaturated/α-hetero) is 1. The summed E-state index contributed by atoms with van der Waals surface area (Å²) >= 11 is 0. The first-order valence-electron chi connectivity index (χ1n) is 13.5. The smallest absolute Gasteiger partial charge is 0.407 e. The molecule has 1 aliphatic rings. The van der Waals surface area contributed by atoms with Crippen molar-refractivity contribution < 1.29 is 32.2 Å². The number of halogens is 3. The number of rotatable bonds is 8. The monoisotopic (exact) mass is 581 g/mol. The normalized spacial score (nSPS) is 17.0. The van der Waals surface area contributed by atoms with Crippen LogP contribution < -0.4 is 10.1 Å². The number of carbonyl (C=O) groups is 2. The quantitative estimate of drug-likeness (QED) is 0.237. The Hall–Kier alpha value is -4.48. The number of ether oxygens (including phenoxy) is 2. The van der Waals surface area contributed by atoms with Crippen molar-refractivity contribution >= 4 is 22.9 Å². The Balaban J connectivity index is 1.46. The molecular weight excluding hydrogens is 551 g/mol. The highest BCUT2D eigenvalue weighted by Gasteiger charge is 2.32. The highest BCUT2D eigenvalue weighted by Crippen LogP contribution is 2.34. The first-order valence-corrected chi connectivity index (χ1v) is 13.5. The molecule has 1 saturated carbocycles. The number of hydrogen-bond donors (Lipinski definition) is 1. The molecule has 9 nitrogen and oxygen atoms in total. The molecule has 1 aliphatic carbocycles. The fourth-order valence-electron chi connectivity index (χ4n) is 5.19. The summed E-state index contributed by atoms with van der Waals surface area (Å²) in [5.41, 5.74) is 1.72.